The molecule has 2 N–H and O–H groups in total. The molecule has 0 aromatic carbocycles. The van der Waals surface area contributed by atoms with Gasteiger partial charge in [-0.1, -0.05) is 0 Å². The number of aromatic hydroxyl groups is 1. The van der Waals surface area contributed by atoms with Gasteiger partial charge in [-0.15, -0.1) is 0 Å². The van der Waals surface area contributed by atoms with Crippen molar-refractivity contribution in [2.24, 2.45) is 0 Å². The van der Waals surface area contributed by atoms with Crippen LogP contribution < -0.4 is 10.1 Å². The molecule has 18 heavy (non-hydrogen) atoms. The van der Waals surface area contributed by atoms with Crippen molar-refractivity contribution in [3.63, 3.8) is 0 Å². The summed E-state index contributed by atoms with van der Waals surface area (Å²) in [4.78, 5) is 12.3. The maximum atomic E-state index is 9.15. The van der Waals surface area contributed by atoms with Crippen LogP contribution in [-0.2, 0) is 6.42 Å². The van der Waals surface area contributed by atoms with Crippen LogP contribution in [0.2, 0.25) is 0 Å². The van der Waals surface area contributed by atoms with Crippen molar-refractivity contribution in [1.29, 1.82) is 0 Å². The lowest BCUT2D eigenvalue weighted by atomic mass is 10.1. The smallest absolute Gasteiger partial charge is 0.229 e. The van der Waals surface area contributed by atoms with Gasteiger partial charge >= 0.3 is 0 Å². The molecule has 92 valence electrons. The van der Waals surface area contributed by atoms with E-state index in [1.165, 1.54) is 12.4 Å². The lowest BCUT2D eigenvalue weighted by Gasteiger charge is -2.10. The molecule has 0 atom stereocenters. The molecule has 0 fully saturated rings. The zero-order valence-corrected chi connectivity index (χ0v) is 9.84. The third kappa shape index (κ3) is 1.62. The van der Waals surface area contributed by atoms with Crippen LogP contribution in [0.1, 0.15) is 5.56 Å². The van der Waals surface area contributed by atoms with E-state index in [9.17, 15) is 0 Å². The van der Waals surface area contributed by atoms with E-state index in [0.717, 1.165) is 35.7 Å². The SMILES string of the molecule is COc1cnc(-c2cnc(O)cn2)c2c1CCN2. The number of hydrogen-bond donors (Lipinski definition) is 2. The summed E-state index contributed by atoms with van der Waals surface area (Å²) < 4.78 is 5.29. The van der Waals surface area contributed by atoms with Gasteiger partial charge in [-0.25, -0.2) is 15.0 Å². The molecule has 0 bridgehead atoms. The van der Waals surface area contributed by atoms with Gasteiger partial charge in [-0.3, -0.25) is 0 Å². The molecule has 0 saturated carbocycles. The maximum Gasteiger partial charge on any atom is 0.229 e. The topological polar surface area (TPSA) is 80.2 Å². The Bertz CT molecular complexity index is 583. The number of fused-ring (bicyclic) bond motifs is 1. The first-order valence-corrected chi connectivity index (χ1v) is 5.60. The molecule has 6 heteroatoms. The molecule has 1 aliphatic rings. The van der Waals surface area contributed by atoms with Crippen molar-refractivity contribution < 1.29 is 9.84 Å². The molecule has 3 heterocycles. The van der Waals surface area contributed by atoms with Crippen LogP contribution in [0, 0.1) is 0 Å². The lowest BCUT2D eigenvalue weighted by Crippen LogP contribution is -1.98. The number of aromatic nitrogens is 3. The number of methoxy groups -OCH3 is 1. The molecule has 0 radical (unpaired) electrons. The molecule has 1 aliphatic heterocycles. The number of nitrogens with one attached hydrogen (secondary N) is 1. The van der Waals surface area contributed by atoms with Crippen LogP contribution in [0.5, 0.6) is 11.6 Å². The van der Waals surface area contributed by atoms with Crippen LogP contribution in [0.25, 0.3) is 11.4 Å². The Morgan fingerprint density at radius 3 is 2.83 bits per heavy atom. The number of pyridine rings is 1. The van der Waals surface area contributed by atoms with Gasteiger partial charge in [0.15, 0.2) is 0 Å². The Kier molecular flexibility index (Phi) is 2.47. The Balaban J connectivity index is 2.13. The van der Waals surface area contributed by atoms with Crippen molar-refractivity contribution in [1.82, 2.24) is 15.0 Å². The van der Waals surface area contributed by atoms with Gasteiger partial charge in [0.2, 0.25) is 5.88 Å². The summed E-state index contributed by atoms with van der Waals surface area (Å²) >= 11 is 0. The van der Waals surface area contributed by atoms with Crippen molar-refractivity contribution in [2.75, 3.05) is 19.0 Å². The molecule has 0 amide bonds. The highest BCUT2D eigenvalue weighted by Crippen LogP contribution is 2.36. The van der Waals surface area contributed by atoms with Gasteiger partial charge < -0.3 is 15.2 Å². The van der Waals surface area contributed by atoms with Gasteiger partial charge in [-0.05, 0) is 6.42 Å². The number of anilines is 1. The fourth-order valence-electron chi connectivity index (χ4n) is 2.10. The Morgan fingerprint density at radius 1 is 1.22 bits per heavy atom. The van der Waals surface area contributed by atoms with Gasteiger partial charge in [-0.2, -0.15) is 0 Å². The van der Waals surface area contributed by atoms with Crippen molar-refractivity contribution in [2.45, 2.75) is 6.42 Å². The highest BCUT2D eigenvalue weighted by Gasteiger charge is 2.21. The fraction of sp³-hybridized carbons (Fsp3) is 0.250. The van der Waals surface area contributed by atoms with E-state index >= 15 is 0 Å². The second-order valence-corrected chi connectivity index (χ2v) is 3.97. The Labute approximate surface area is 104 Å². The zero-order valence-electron chi connectivity index (χ0n) is 9.84. The maximum absolute atomic E-state index is 9.15. The van der Waals surface area contributed by atoms with Crippen LogP contribution in [-0.4, -0.2) is 33.7 Å². The quantitative estimate of drug-likeness (QED) is 0.826. The molecule has 0 unspecified atom stereocenters. The lowest BCUT2D eigenvalue weighted by molar-refractivity contribution is 0.409. The van der Waals surface area contributed by atoms with E-state index in [4.69, 9.17) is 9.84 Å². The second kappa shape index (κ2) is 4.14. The molecule has 6 nitrogen and oxygen atoms in total. The summed E-state index contributed by atoms with van der Waals surface area (Å²) in [5, 5.41) is 12.4. The van der Waals surface area contributed by atoms with E-state index in [1.807, 2.05) is 0 Å². The van der Waals surface area contributed by atoms with E-state index in [-0.39, 0.29) is 5.88 Å². The average Bonchev–Trinajstić information content (AvgIpc) is 2.88. The molecule has 3 rings (SSSR count). The summed E-state index contributed by atoms with van der Waals surface area (Å²) in [5.74, 6) is 0.683. The molecule has 0 spiro atoms. The van der Waals surface area contributed by atoms with Crippen LogP contribution in [0.15, 0.2) is 18.6 Å². The van der Waals surface area contributed by atoms with E-state index in [0.29, 0.717) is 5.69 Å². The van der Waals surface area contributed by atoms with Crippen LogP contribution >= 0.6 is 0 Å². The van der Waals surface area contributed by atoms with Crippen molar-refractivity contribution >= 4 is 5.69 Å². The highest BCUT2D eigenvalue weighted by atomic mass is 16.5. The molecule has 0 saturated heterocycles. The third-order valence-electron chi connectivity index (χ3n) is 2.92. The first-order chi connectivity index (χ1) is 8.79. The van der Waals surface area contributed by atoms with Gasteiger partial charge in [0.1, 0.15) is 17.1 Å². The number of nitrogens with zero attached hydrogens (tertiary/aromatic N) is 3. The number of hydrogen-bond acceptors (Lipinski definition) is 6. The van der Waals surface area contributed by atoms with E-state index in [2.05, 4.69) is 20.3 Å². The summed E-state index contributed by atoms with van der Waals surface area (Å²) in [6.45, 7) is 0.857. The predicted octanol–water partition coefficient (Wildman–Crippen LogP) is 1.22. The predicted molar refractivity (Wildman–Crippen MR) is 65.7 cm³/mol. The molecule has 0 aliphatic carbocycles. The minimum atomic E-state index is -0.100. The van der Waals surface area contributed by atoms with Crippen molar-refractivity contribution in [3.05, 3.63) is 24.2 Å². The first-order valence-electron chi connectivity index (χ1n) is 5.60. The average molecular weight is 244 g/mol. The second-order valence-electron chi connectivity index (χ2n) is 3.97. The van der Waals surface area contributed by atoms with E-state index in [1.54, 1.807) is 13.3 Å². The normalized spacial score (nSPS) is 12.9. The number of ether oxygens (including phenoxy) is 1. The van der Waals surface area contributed by atoms with Crippen molar-refractivity contribution in [3.8, 4) is 23.0 Å². The third-order valence-corrected chi connectivity index (χ3v) is 2.92. The Hall–Kier alpha value is -2.37. The van der Waals surface area contributed by atoms with Gasteiger partial charge in [0, 0.05) is 12.1 Å². The zero-order chi connectivity index (χ0) is 12.5. The molecule has 2 aromatic rings. The van der Waals surface area contributed by atoms with Crippen LogP contribution in [0.3, 0.4) is 0 Å². The summed E-state index contributed by atoms with van der Waals surface area (Å²) in [7, 11) is 1.63. The van der Waals surface area contributed by atoms with E-state index < -0.39 is 0 Å². The molecule has 2 aromatic heterocycles. The fourth-order valence-corrected chi connectivity index (χ4v) is 2.10. The minimum absolute atomic E-state index is 0.100. The highest BCUT2D eigenvalue weighted by molar-refractivity contribution is 5.78. The monoisotopic (exact) mass is 244 g/mol. The minimum Gasteiger partial charge on any atom is -0.495 e. The van der Waals surface area contributed by atoms with Gasteiger partial charge in [0.25, 0.3) is 0 Å². The Morgan fingerprint density at radius 2 is 2.11 bits per heavy atom. The van der Waals surface area contributed by atoms with Gasteiger partial charge in [0.05, 0.1) is 31.4 Å². The largest absolute Gasteiger partial charge is 0.495 e. The molecular formula is C12H12N4O2. The molecular weight excluding hydrogens is 232 g/mol. The summed E-state index contributed by atoms with van der Waals surface area (Å²) in [5.41, 5.74) is 3.41. The standard InChI is InChI=1S/C12H12N4O2/c1-18-9-5-16-12(11-7(9)2-3-13-11)8-4-15-10(17)6-14-8/h4-6,13H,2-3H2,1H3,(H,15,17). The van der Waals surface area contributed by atoms with Crippen LogP contribution in [0.4, 0.5) is 5.69 Å². The first kappa shape index (κ1) is 10.8. The summed E-state index contributed by atoms with van der Waals surface area (Å²) in [6, 6.07) is 0. The number of rotatable bonds is 2. The summed E-state index contributed by atoms with van der Waals surface area (Å²) in [6.07, 6.45) is 5.41.